The van der Waals surface area contributed by atoms with Gasteiger partial charge >= 0.3 is 0 Å². The molecule has 2 nitrogen and oxygen atoms in total. The molecule has 1 aliphatic rings. The van der Waals surface area contributed by atoms with Gasteiger partial charge in [-0.1, -0.05) is 39.0 Å². The number of hydrogen-bond acceptors (Lipinski definition) is 2. The second kappa shape index (κ2) is 7.24. The van der Waals surface area contributed by atoms with Crippen LogP contribution in [-0.2, 0) is 0 Å². The molecule has 0 spiro atoms. The molecule has 0 aromatic heterocycles. The van der Waals surface area contributed by atoms with Gasteiger partial charge < -0.3 is 11.1 Å². The lowest BCUT2D eigenvalue weighted by atomic mass is 10.1. The third-order valence-corrected chi connectivity index (χ3v) is 3.12. The van der Waals surface area contributed by atoms with E-state index < -0.39 is 0 Å². The molecule has 0 aliphatic heterocycles. The van der Waals surface area contributed by atoms with E-state index in [4.69, 9.17) is 5.73 Å². The topological polar surface area (TPSA) is 38.0 Å². The highest BCUT2D eigenvalue weighted by Gasteiger charge is 2.20. The van der Waals surface area contributed by atoms with E-state index in [2.05, 4.69) is 12.2 Å². The van der Waals surface area contributed by atoms with Crippen LogP contribution in [0.15, 0.2) is 0 Å². The van der Waals surface area contributed by atoms with Gasteiger partial charge in [-0.2, -0.15) is 0 Å². The molecule has 1 atom stereocenters. The fourth-order valence-corrected chi connectivity index (χ4v) is 1.84. The highest BCUT2D eigenvalue weighted by molar-refractivity contribution is 4.75. The zero-order valence-corrected chi connectivity index (χ0v) is 9.60. The lowest BCUT2D eigenvalue weighted by Crippen LogP contribution is -2.36. The first-order chi connectivity index (χ1) is 6.86. The van der Waals surface area contributed by atoms with Gasteiger partial charge in [0.05, 0.1) is 0 Å². The Balaban J connectivity index is 1.92. The molecule has 0 aromatic rings. The van der Waals surface area contributed by atoms with Crippen molar-refractivity contribution in [2.75, 3.05) is 13.1 Å². The van der Waals surface area contributed by atoms with Gasteiger partial charge in [-0.15, -0.1) is 0 Å². The molecule has 0 radical (unpaired) electrons. The van der Waals surface area contributed by atoms with Gasteiger partial charge in [-0.3, -0.25) is 0 Å². The van der Waals surface area contributed by atoms with Gasteiger partial charge in [0.2, 0.25) is 0 Å². The molecule has 1 rings (SSSR count). The quantitative estimate of drug-likeness (QED) is 0.558. The lowest BCUT2D eigenvalue weighted by Gasteiger charge is -2.16. The number of nitrogens with one attached hydrogen (secondary N) is 1. The minimum absolute atomic E-state index is 0.570. The van der Waals surface area contributed by atoms with Gasteiger partial charge in [0.1, 0.15) is 0 Å². The summed E-state index contributed by atoms with van der Waals surface area (Å²) in [6, 6.07) is 0.570. The Morgan fingerprint density at radius 3 is 2.71 bits per heavy atom. The summed E-state index contributed by atoms with van der Waals surface area (Å²) in [6.45, 7) is 4.23. The summed E-state index contributed by atoms with van der Waals surface area (Å²) in [4.78, 5) is 0. The first-order valence-corrected chi connectivity index (χ1v) is 6.30. The summed E-state index contributed by atoms with van der Waals surface area (Å²) < 4.78 is 0. The van der Waals surface area contributed by atoms with Crippen LogP contribution in [0.3, 0.4) is 0 Å². The Labute approximate surface area is 88.6 Å². The van der Waals surface area contributed by atoms with Crippen molar-refractivity contribution in [1.82, 2.24) is 5.32 Å². The zero-order chi connectivity index (χ0) is 10.2. The average Bonchev–Trinajstić information content (AvgIpc) is 2.99. The van der Waals surface area contributed by atoms with E-state index in [0.29, 0.717) is 6.04 Å². The molecule has 14 heavy (non-hydrogen) atoms. The molecule has 0 heterocycles. The summed E-state index contributed by atoms with van der Waals surface area (Å²) >= 11 is 0. The minimum Gasteiger partial charge on any atom is -0.329 e. The molecule has 0 bridgehead atoms. The maximum absolute atomic E-state index is 5.73. The molecule has 0 aromatic carbocycles. The maximum atomic E-state index is 5.73. The molecule has 0 saturated heterocycles. The smallest absolute Gasteiger partial charge is 0.0190 e. The van der Waals surface area contributed by atoms with Crippen molar-refractivity contribution in [3.63, 3.8) is 0 Å². The Morgan fingerprint density at radius 1 is 1.36 bits per heavy atom. The first kappa shape index (κ1) is 12.0. The van der Waals surface area contributed by atoms with Crippen molar-refractivity contribution >= 4 is 0 Å². The van der Waals surface area contributed by atoms with Crippen LogP contribution >= 0.6 is 0 Å². The standard InChI is InChI=1S/C12H26N2/c1-2-3-4-5-12(10-13)14-9-8-11-6-7-11/h11-12,14H,2-10,13H2,1H3. The molecule has 84 valence electrons. The van der Waals surface area contributed by atoms with Gasteiger partial charge in [-0.05, 0) is 25.3 Å². The Hall–Kier alpha value is -0.0800. The summed E-state index contributed by atoms with van der Waals surface area (Å²) in [5.74, 6) is 1.04. The Bertz CT molecular complexity index is 132. The van der Waals surface area contributed by atoms with Gasteiger partial charge in [0.25, 0.3) is 0 Å². The molecule has 0 amide bonds. The van der Waals surface area contributed by atoms with Crippen LogP contribution in [0.4, 0.5) is 0 Å². The van der Waals surface area contributed by atoms with Crippen molar-refractivity contribution < 1.29 is 0 Å². The van der Waals surface area contributed by atoms with E-state index in [9.17, 15) is 0 Å². The summed E-state index contributed by atoms with van der Waals surface area (Å²) in [7, 11) is 0. The van der Waals surface area contributed by atoms with Gasteiger partial charge in [0, 0.05) is 12.6 Å². The van der Waals surface area contributed by atoms with Gasteiger partial charge in [-0.25, -0.2) is 0 Å². The van der Waals surface area contributed by atoms with Crippen LogP contribution in [0, 0.1) is 5.92 Å². The predicted molar refractivity (Wildman–Crippen MR) is 62.3 cm³/mol. The number of unbranched alkanes of at least 4 members (excludes halogenated alkanes) is 2. The summed E-state index contributed by atoms with van der Waals surface area (Å²) in [5, 5.41) is 3.57. The highest BCUT2D eigenvalue weighted by atomic mass is 14.9. The molecule has 2 heteroatoms. The van der Waals surface area contributed by atoms with Crippen molar-refractivity contribution in [2.45, 2.75) is 57.9 Å². The monoisotopic (exact) mass is 198 g/mol. The third kappa shape index (κ3) is 5.61. The van der Waals surface area contributed by atoms with E-state index in [1.54, 1.807) is 0 Å². The summed E-state index contributed by atoms with van der Waals surface area (Å²) in [6.07, 6.45) is 9.53. The second-order valence-corrected chi connectivity index (χ2v) is 4.61. The lowest BCUT2D eigenvalue weighted by molar-refractivity contribution is 0.454. The number of rotatable bonds is 9. The molecular weight excluding hydrogens is 172 g/mol. The van der Waals surface area contributed by atoms with Crippen LogP contribution < -0.4 is 11.1 Å². The van der Waals surface area contributed by atoms with Gasteiger partial charge in [0.15, 0.2) is 0 Å². The Kier molecular flexibility index (Phi) is 6.20. The normalized spacial score (nSPS) is 18.4. The highest BCUT2D eigenvalue weighted by Crippen LogP contribution is 2.31. The zero-order valence-electron chi connectivity index (χ0n) is 9.60. The largest absolute Gasteiger partial charge is 0.329 e. The SMILES string of the molecule is CCCCCC(CN)NCCC1CC1. The Morgan fingerprint density at radius 2 is 2.14 bits per heavy atom. The molecule has 1 fully saturated rings. The second-order valence-electron chi connectivity index (χ2n) is 4.61. The third-order valence-electron chi connectivity index (χ3n) is 3.12. The fourth-order valence-electron chi connectivity index (χ4n) is 1.84. The van der Waals surface area contributed by atoms with Crippen LogP contribution in [-0.4, -0.2) is 19.1 Å². The van der Waals surface area contributed by atoms with E-state index in [1.165, 1.54) is 51.5 Å². The average molecular weight is 198 g/mol. The van der Waals surface area contributed by atoms with Crippen LogP contribution in [0.5, 0.6) is 0 Å². The number of nitrogens with two attached hydrogens (primary N) is 1. The molecule has 1 saturated carbocycles. The first-order valence-electron chi connectivity index (χ1n) is 6.30. The fraction of sp³-hybridized carbons (Fsp3) is 1.00. The van der Waals surface area contributed by atoms with Crippen molar-refractivity contribution in [2.24, 2.45) is 11.7 Å². The van der Waals surface area contributed by atoms with Crippen molar-refractivity contribution in [3.05, 3.63) is 0 Å². The van der Waals surface area contributed by atoms with E-state index in [1.807, 2.05) is 0 Å². The van der Waals surface area contributed by atoms with E-state index in [0.717, 1.165) is 12.5 Å². The van der Waals surface area contributed by atoms with Crippen molar-refractivity contribution in [3.8, 4) is 0 Å². The van der Waals surface area contributed by atoms with E-state index >= 15 is 0 Å². The molecular formula is C12H26N2. The molecule has 3 N–H and O–H groups in total. The van der Waals surface area contributed by atoms with Crippen molar-refractivity contribution in [1.29, 1.82) is 0 Å². The molecule has 1 aliphatic carbocycles. The van der Waals surface area contributed by atoms with E-state index in [-0.39, 0.29) is 0 Å². The maximum Gasteiger partial charge on any atom is 0.0190 e. The minimum atomic E-state index is 0.570. The number of hydrogen-bond donors (Lipinski definition) is 2. The van der Waals surface area contributed by atoms with Crippen LogP contribution in [0.1, 0.15) is 51.9 Å². The van der Waals surface area contributed by atoms with Crippen LogP contribution in [0.25, 0.3) is 0 Å². The van der Waals surface area contributed by atoms with Crippen LogP contribution in [0.2, 0.25) is 0 Å². The molecule has 1 unspecified atom stereocenters. The predicted octanol–water partition coefficient (Wildman–Crippen LogP) is 2.28. The summed E-state index contributed by atoms with van der Waals surface area (Å²) in [5.41, 5.74) is 5.73.